The molecule has 2 aliphatic heterocycles. The molecule has 0 bridgehead atoms. The summed E-state index contributed by atoms with van der Waals surface area (Å²) >= 11 is 0. The maximum atomic E-state index is 12.5. The summed E-state index contributed by atoms with van der Waals surface area (Å²) in [6.45, 7) is 6.31. The number of piperidine rings is 1. The Bertz CT molecular complexity index is 345. The van der Waals surface area contributed by atoms with Gasteiger partial charge in [0.2, 0.25) is 11.8 Å². The quantitative estimate of drug-likeness (QED) is 0.725. The second-order valence-corrected chi connectivity index (χ2v) is 5.76. The average molecular weight is 253 g/mol. The van der Waals surface area contributed by atoms with E-state index in [0.29, 0.717) is 12.5 Å². The topological polar surface area (TPSA) is 75.4 Å². The number of amides is 2. The van der Waals surface area contributed by atoms with Crippen LogP contribution in [-0.4, -0.2) is 42.4 Å². The molecule has 2 amide bonds. The summed E-state index contributed by atoms with van der Waals surface area (Å²) in [7, 11) is 0. The minimum Gasteiger partial charge on any atom is -0.369 e. The molecule has 3 N–H and O–H groups in total. The molecule has 2 unspecified atom stereocenters. The highest BCUT2D eigenvalue weighted by atomic mass is 16.2. The van der Waals surface area contributed by atoms with Crippen LogP contribution >= 0.6 is 0 Å². The third-order valence-corrected chi connectivity index (χ3v) is 4.40. The molecule has 2 fully saturated rings. The SMILES string of the molecule is CC1CCC(C(N)=O)CN1C(=O)[C@@H]1CNC[C@H]1C. The number of hydrogen-bond donors (Lipinski definition) is 2. The number of primary amides is 1. The fraction of sp³-hybridized carbons (Fsp3) is 0.846. The van der Waals surface area contributed by atoms with Crippen molar-refractivity contribution >= 4 is 11.8 Å². The minimum atomic E-state index is -0.280. The molecule has 0 spiro atoms. The largest absolute Gasteiger partial charge is 0.369 e. The smallest absolute Gasteiger partial charge is 0.227 e. The van der Waals surface area contributed by atoms with Crippen molar-refractivity contribution < 1.29 is 9.59 Å². The molecule has 18 heavy (non-hydrogen) atoms. The fourth-order valence-corrected chi connectivity index (χ4v) is 3.00. The van der Waals surface area contributed by atoms with Gasteiger partial charge in [-0.15, -0.1) is 0 Å². The Morgan fingerprint density at radius 1 is 1.22 bits per heavy atom. The van der Waals surface area contributed by atoms with Gasteiger partial charge < -0.3 is 16.0 Å². The third-order valence-electron chi connectivity index (χ3n) is 4.40. The Hall–Kier alpha value is -1.10. The van der Waals surface area contributed by atoms with E-state index in [0.717, 1.165) is 25.9 Å². The molecule has 0 saturated carbocycles. The zero-order valence-corrected chi connectivity index (χ0v) is 11.2. The molecule has 2 heterocycles. The van der Waals surface area contributed by atoms with Gasteiger partial charge in [-0.05, 0) is 32.2 Å². The summed E-state index contributed by atoms with van der Waals surface area (Å²) in [5, 5.41) is 3.25. The number of carbonyl (C=O) groups excluding carboxylic acids is 2. The molecule has 4 atom stereocenters. The molecule has 2 saturated heterocycles. The van der Waals surface area contributed by atoms with Crippen LogP contribution in [-0.2, 0) is 9.59 Å². The fourth-order valence-electron chi connectivity index (χ4n) is 3.00. The highest BCUT2D eigenvalue weighted by molar-refractivity contribution is 5.82. The molecule has 5 nitrogen and oxygen atoms in total. The first-order valence-electron chi connectivity index (χ1n) is 6.81. The lowest BCUT2D eigenvalue weighted by Crippen LogP contribution is -2.51. The summed E-state index contributed by atoms with van der Waals surface area (Å²) in [5.41, 5.74) is 5.37. The molecule has 102 valence electrons. The number of hydrogen-bond acceptors (Lipinski definition) is 3. The summed E-state index contributed by atoms with van der Waals surface area (Å²) in [6.07, 6.45) is 1.67. The first-order valence-corrected chi connectivity index (χ1v) is 6.81. The van der Waals surface area contributed by atoms with Crippen LogP contribution in [0.2, 0.25) is 0 Å². The molecular weight excluding hydrogens is 230 g/mol. The molecular formula is C13H23N3O2. The Morgan fingerprint density at radius 3 is 2.50 bits per heavy atom. The lowest BCUT2D eigenvalue weighted by atomic mass is 9.89. The van der Waals surface area contributed by atoms with Gasteiger partial charge in [-0.25, -0.2) is 0 Å². The van der Waals surface area contributed by atoms with E-state index >= 15 is 0 Å². The first kappa shape index (κ1) is 13.3. The molecule has 0 aliphatic carbocycles. The zero-order valence-electron chi connectivity index (χ0n) is 11.2. The first-order chi connectivity index (χ1) is 8.50. The molecule has 2 rings (SSSR count). The molecule has 0 aromatic carbocycles. The van der Waals surface area contributed by atoms with Gasteiger partial charge in [0.05, 0.1) is 11.8 Å². The minimum absolute atomic E-state index is 0.0547. The Morgan fingerprint density at radius 2 is 1.94 bits per heavy atom. The van der Waals surface area contributed by atoms with Gasteiger partial charge in [0.15, 0.2) is 0 Å². The van der Waals surface area contributed by atoms with Gasteiger partial charge in [-0.1, -0.05) is 6.92 Å². The van der Waals surface area contributed by atoms with E-state index in [1.165, 1.54) is 0 Å². The third kappa shape index (κ3) is 2.51. The van der Waals surface area contributed by atoms with Gasteiger partial charge in [-0.3, -0.25) is 9.59 Å². The summed E-state index contributed by atoms with van der Waals surface area (Å²) in [4.78, 5) is 25.7. The van der Waals surface area contributed by atoms with Crippen molar-refractivity contribution in [3.05, 3.63) is 0 Å². The monoisotopic (exact) mass is 253 g/mol. The van der Waals surface area contributed by atoms with Crippen LogP contribution < -0.4 is 11.1 Å². The Kier molecular flexibility index (Phi) is 3.90. The van der Waals surface area contributed by atoms with Crippen molar-refractivity contribution in [2.75, 3.05) is 19.6 Å². The van der Waals surface area contributed by atoms with Crippen LogP contribution in [0.15, 0.2) is 0 Å². The van der Waals surface area contributed by atoms with Crippen molar-refractivity contribution in [1.29, 1.82) is 0 Å². The van der Waals surface area contributed by atoms with Crippen LogP contribution in [0.1, 0.15) is 26.7 Å². The number of nitrogens with one attached hydrogen (secondary N) is 1. The van der Waals surface area contributed by atoms with E-state index < -0.39 is 0 Å². The maximum Gasteiger partial charge on any atom is 0.227 e. The van der Waals surface area contributed by atoms with Crippen molar-refractivity contribution in [2.24, 2.45) is 23.5 Å². The maximum absolute atomic E-state index is 12.5. The number of nitrogens with zero attached hydrogens (tertiary/aromatic N) is 1. The van der Waals surface area contributed by atoms with Crippen LogP contribution in [0.5, 0.6) is 0 Å². The Balaban J connectivity index is 2.05. The summed E-state index contributed by atoms with van der Waals surface area (Å²) in [5.74, 6) is 0.163. The van der Waals surface area contributed by atoms with Gasteiger partial charge in [0, 0.05) is 19.1 Å². The predicted molar refractivity (Wildman–Crippen MR) is 68.6 cm³/mol. The van der Waals surface area contributed by atoms with E-state index in [-0.39, 0.29) is 29.7 Å². The van der Waals surface area contributed by atoms with Crippen LogP contribution in [0.4, 0.5) is 0 Å². The van der Waals surface area contributed by atoms with Crippen LogP contribution in [0.3, 0.4) is 0 Å². The molecule has 0 aromatic rings. The average Bonchev–Trinajstić information content (AvgIpc) is 2.75. The van der Waals surface area contributed by atoms with Crippen molar-refractivity contribution in [3.63, 3.8) is 0 Å². The number of rotatable bonds is 2. The number of likely N-dealkylation sites (tertiary alicyclic amines) is 1. The normalized spacial score (nSPS) is 36.7. The number of nitrogens with two attached hydrogens (primary N) is 1. The van der Waals surface area contributed by atoms with Gasteiger partial charge >= 0.3 is 0 Å². The van der Waals surface area contributed by atoms with Crippen LogP contribution in [0.25, 0.3) is 0 Å². The lowest BCUT2D eigenvalue weighted by Gasteiger charge is -2.38. The zero-order chi connectivity index (χ0) is 13.3. The van der Waals surface area contributed by atoms with E-state index in [2.05, 4.69) is 19.2 Å². The molecule has 5 heteroatoms. The van der Waals surface area contributed by atoms with Crippen molar-refractivity contribution in [3.8, 4) is 0 Å². The highest BCUT2D eigenvalue weighted by Gasteiger charge is 2.38. The molecule has 0 aromatic heterocycles. The second kappa shape index (κ2) is 5.26. The van der Waals surface area contributed by atoms with Crippen molar-refractivity contribution in [2.45, 2.75) is 32.7 Å². The molecule has 2 aliphatic rings. The van der Waals surface area contributed by atoms with Gasteiger partial charge in [0.1, 0.15) is 0 Å². The van der Waals surface area contributed by atoms with Crippen LogP contribution in [0, 0.1) is 17.8 Å². The van der Waals surface area contributed by atoms with E-state index in [9.17, 15) is 9.59 Å². The standard InChI is InChI=1S/C13H23N3O2/c1-8-5-15-6-11(8)13(18)16-7-10(12(14)17)4-3-9(16)2/h8-11,15H,3-7H2,1-2H3,(H2,14,17)/t8-,9?,10?,11-/m1/s1. The number of carbonyl (C=O) groups is 2. The van der Waals surface area contributed by atoms with E-state index in [1.807, 2.05) is 4.90 Å². The Labute approximate surface area is 108 Å². The van der Waals surface area contributed by atoms with Gasteiger partial charge in [-0.2, -0.15) is 0 Å². The predicted octanol–water partition coefficient (Wildman–Crippen LogP) is -0.0457. The second-order valence-electron chi connectivity index (χ2n) is 5.76. The highest BCUT2D eigenvalue weighted by Crippen LogP contribution is 2.26. The lowest BCUT2D eigenvalue weighted by molar-refractivity contribution is -0.141. The summed E-state index contributed by atoms with van der Waals surface area (Å²) in [6, 6.07) is 0.223. The molecule has 0 radical (unpaired) electrons. The van der Waals surface area contributed by atoms with Gasteiger partial charge in [0.25, 0.3) is 0 Å². The van der Waals surface area contributed by atoms with Crippen molar-refractivity contribution in [1.82, 2.24) is 10.2 Å². The summed E-state index contributed by atoms with van der Waals surface area (Å²) < 4.78 is 0. The van der Waals surface area contributed by atoms with E-state index in [1.54, 1.807) is 0 Å². The van der Waals surface area contributed by atoms with E-state index in [4.69, 9.17) is 5.73 Å².